The zero-order valence-corrected chi connectivity index (χ0v) is 13.6. The normalized spacial score (nSPS) is 15.9. The summed E-state index contributed by atoms with van der Waals surface area (Å²) in [5.74, 6) is 1.60. The summed E-state index contributed by atoms with van der Waals surface area (Å²) in [5, 5.41) is 4.08. The van der Waals surface area contributed by atoms with Crippen LogP contribution >= 0.6 is 24.0 Å². The Labute approximate surface area is 133 Å². The van der Waals surface area contributed by atoms with Crippen molar-refractivity contribution in [3.63, 3.8) is 0 Å². The standard InChI is InChI=1S/C15H23ClN2O.ClH/c1-18(12-13-6-8-17-9-7-13)10-11-19-15-5-3-2-4-14(15)16;/h2-5,13,17H,6-12H2,1H3;1H. The minimum absolute atomic E-state index is 0. The van der Waals surface area contributed by atoms with E-state index < -0.39 is 0 Å². The number of hydrogen-bond donors (Lipinski definition) is 1. The van der Waals surface area contributed by atoms with Gasteiger partial charge in [0.25, 0.3) is 0 Å². The lowest BCUT2D eigenvalue weighted by Gasteiger charge is -2.27. The van der Waals surface area contributed by atoms with Crippen molar-refractivity contribution >= 4 is 24.0 Å². The van der Waals surface area contributed by atoms with Gasteiger partial charge in [-0.3, -0.25) is 0 Å². The lowest BCUT2D eigenvalue weighted by molar-refractivity contribution is 0.199. The second-order valence-electron chi connectivity index (χ2n) is 5.23. The van der Waals surface area contributed by atoms with Gasteiger partial charge in [0.15, 0.2) is 0 Å². The van der Waals surface area contributed by atoms with Gasteiger partial charge < -0.3 is 15.0 Å². The van der Waals surface area contributed by atoms with Crippen LogP contribution in [0.15, 0.2) is 24.3 Å². The van der Waals surface area contributed by atoms with Crippen molar-refractivity contribution in [2.75, 3.05) is 39.8 Å². The molecule has 0 aliphatic carbocycles. The Bertz CT molecular complexity index is 384. The van der Waals surface area contributed by atoms with E-state index in [2.05, 4.69) is 17.3 Å². The van der Waals surface area contributed by atoms with Crippen LogP contribution in [0, 0.1) is 5.92 Å². The second-order valence-corrected chi connectivity index (χ2v) is 5.64. The molecule has 1 aliphatic rings. The van der Waals surface area contributed by atoms with Gasteiger partial charge >= 0.3 is 0 Å². The van der Waals surface area contributed by atoms with Crippen LogP contribution in [0.1, 0.15) is 12.8 Å². The van der Waals surface area contributed by atoms with E-state index in [1.165, 1.54) is 12.8 Å². The van der Waals surface area contributed by atoms with Crippen LogP contribution in [0.5, 0.6) is 5.75 Å². The number of para-hydroxylation sites is 1. The van der Waals surface area contributed by atoms with Gasteiger partial charge in [0.05, 0.1) is 5.02 Å². The van der Waals surface area contributed by atoms with Crippen LogP contribution in [0.2, 0.25) is 5.02 Å². The first kappa shape index (κ1) is 17.6. The molecule has 2 rings (SSSR count). The first-order chi connectivity index (χ1) is 9.25. The molecule has 1 aromatic rings. The highest BCUT2D eigenvalue weighted by Crippen LogP contribution is 2.22. The summed E-state index contributed by atoms with van der Waals surface area (Å²) < 4.78 is 5.71. The molecule has 1 fully saturated rings. The molecule has 0 unspecified atom stereocenters. The molecule has 0 spiro atoms. The third-order valence-electron chi connectivity index (χ3n) is 3.60. The van der Waals surface area contributed by atoms with Crippen molar-refractivity contribution in [1.82, 2.24) is 10.2 Å². The van der Waals surface area contributed by atoms with Gasteiger partial charge in [0.2, 0.25) is 0 Å². The predicted molar refractivity (Wildman–Crippen MR) is 87.3 cm³/mol. The molecule has 1 aliphatic heterocycles. The first-order valence-corrected chi connectivity index (χ1v) is 7.40. The summed E-state index contributed by atoms with van der Waals surface area (Å²) in [7, 11) is 2.16. The molecular weight excluding hydrogens is 295 g/mol. The third-order valence-corrected chi connectivity index (χ3v) is 3.91. The van der Waals surface area contributed by atoms with Crippen molar-refractivity contribution in [3.05, 3.63) is 29.3 Å². The molecule has 0 bridgehead atoms. The largest absolute Gasteiger partial charge is 0.491 e. The molecule has 5 heteroatoms. The Morgan fingerprint density at radius 1 is 1.30 bits per heavy atom. The molecule has 0 atom stereocenters. The van der Waals surface area contributed by atoms with Gasteiger partial charge in [-0.2, -0.15) is 0 Å². The zero-order valence-electron chi connectivity index (χ0n) is 12.0. The number of piperidine rings is 1. The maximum Gasteiger partial charge on any atom is 0.137 e. The molecule has 0 saturated carbocycles. The van der Waals surface area contributed by atoms with E-state index in [1.54, 1.807) is 0 Å². The number of hydrogen-bond acceptors (Lipinski definition) is 3. The smallest absolute Gasteiger partial charge is 0.137 e. The van der Waals surface area contributed by atoms with Crippen LogP contribution in [-0.4, -0.2) is 44.7 Å². The topological polar surface area (TPSA) is 24.5 Å². The molecule has 1 saturated heterocycles. The molecule has 0 aromatic heterocycles. The fourth-order valence-corrected chi connectivity index (χ4v) is 2.66. The lowest BCUT2D eigenvalue weighted by Crippen LogP contribution is -2.36. The fraction of sp³-hybridized carbons (Fsp3) is 0.600. The fourth-order valence-electron chi connectivity index (χ4n) is 2.47. The average Bonchev–Trinajstić information content (AvgIpc) is 2.42. The maximum absolute atomic E-state index is 6.05. The quantitative estimate of drug-likeness (QED) is 0.872. The molecular formula is C15H24Cl2N2O. The number of ether oxygens (including phenoxy) is 1. The molecule has 1 N–H and O–H groups in total. The van der Waals surface area contributed by atoms with Crippen molar-refractivity contribution in [1.29, 1.82) is 0 Å². The summed E-state index contributed by atoms with van der Waals surface area (Å²) in [6.45, 7) is 5.11. The summed E-state index contributed by atoms with van der Waals surface area (Å²) in [6, 6.07) is 7.63. The van der Waals surface area contributed by atoms with Crippen molar-refractivity contribution in [3.8, 4) is 5.75 Å². The monoisotopic (exact) mass is 318 g/mol. The molecule has 1 aromatic carbocycles. The summed E-state index contributed by atoms with van der Waals surface area (Å²) in [4.78, 5) is 2.35. The molecule has 20 heavy (non-hydrogen) atoms. The van der Waals surface area contributed by atoms with Crippen molar-refractivity contribution < 1.29 is 4.74 Å². The highest BCUT2D eigenvalue weighted by molar-refractivity contribution is 6.32. The van der Waals surface area contributed by atoms with E-state index >= 15 is 0 Å². The van der Waals surface area contributed by atoms with Crippen LogP contribution in [0.3, 0.4) is 0 Å². The number of benzene rings is 1. The Hall–Kier alpha value is -0.480. The highest BCUT2D eigenvalue weighted by Gasteiger charge is 2.14. The maximum atomic E-state index is 6.05. The van der Waals surface area contributed by atoms with Crippen molar-refractivity contribution in [2.24, 2.45) is 5.92 Å². The summed E-state index contributed by atoms with van der Waals surface area (Å²) >= 11 is 6.05. The van der Waals surface area contributed by atoms with E-state index in [0.717, 1.165) is 37.8 Å². The molecule has 0 amide bonds. The van der Waals surface area contributed by atoms with E-state index in [-0.39, 0.29) is 12.4 Å². The van der Waals surface area contributed by atoms with Gasteiger partial charge in [-0.05, 0) is 51.0 Å². The van der Waals surface area contributed by atoms with Crippen LogP contribution in [0.4, 0.5) is 0 Å². The minimum atomic E-state index is 0. The van der Waals surface area contributed by atoms with E-state index in [9.17, 15) is 0 Å². The Kier molecular flexibility index (Phi) is 8.31. The summed E-state index contributed by atoms with van der Waals surface area (Å²) in [6.07, 6.45) is 2.57. The van der Waals surface area contributed by atoms with Crippen LogP contribution < -0.4 is 10.1 Å². The second kappa shape index (κ2) is 9.46. The van der Waals surface area contributed by atoms with Gasteiger partial charge in [0, 0.05) is 13.1 Å². The van der Waals surface area contributed by atoms with E-state index in [0.29, 0.717) is 11.6 Å². The van der Waals surface area contributed by atoms with Crippen LogP contribution in [-0.2, 0) is 0 Å². The van der Waals surface area contributed by atoms with E-state index in [4.69, 9.17) is 16.3 Å². The number of rotatable bonds is 6. The highest BCUT2D eigenvalue weighted by atomic mass is 35.5. The zero-order chi connectivity index (χ0) is 13.5. The lowest BCUT2D eigenvalue weighted by atomic mass is 9.98. The Morgan fingerprint density at radius 3 is 2.70 bits per heavy atom. The molecule has 0 radical (unpaired) electrons. The van der Waals surface area contributed by atoms with Gasteiger partial charge in [-0.15, -0.1) is 12.4 Å². The number of nitrogens with one attached hydrogen (secondary N) is 1. The number of likely N-dealkylation sites (N-methyl/N-ethyl adjacent to an activating group) is 1. The van der Waals surface area contributed by atoms with Gasteiger partial charge in [-0.1, -0.05) is 23.7 Å². The van der Waals surface area contributed by atoms with Crippen molar-refractivity contribution in [2.45, 2.75) is 12.8 Å². The molecule has 1 heterocycles. The summed E-state index contributed by atoms with van der Waals surface area (Å²) in [5.41, 5.74) is 0. The van der Waals surface area contributed by atoms with Crippen LogP contribution in [0.25, 0.3) is 0 Å². The molecule has 114 valence electrons. The SMILES string of the molecule is CN(CCOc1ccccc1Cl)CC1CCNCC1.Cl. The first-order valence-electron chi connectivity index (χ1n) is 7.02. The van der Waals surface area contributed by atoms with Gasteiger partial charge in [-0.25, -0.2) is 0 Å². The third kappa shape index (κ3) is 5.88. The van der Waals surface area contributed by atoms with Gasteiger partial charge in [0.1, 0.15) is 12.4 Å². The molecule has 3 nitrogen and oxygen atoms in total. The van der Waals surface area contributed by atoms with E-state index in [1.807, 2.05) is 24.3 Å². The Morgan fingerprint density at radius 2 is 2.00 bits per heavy atom. The Balaban J connectivity index is 0.00000200. The average molecular weight is 319 g/mol. The minimum Gasteiger partial charge on any atom is -0.491 e. The predicted octanol–water partition coefficient (Wildman–Crippen LogP) is 3.07. The number of nitrogens with zero attached hydrogens (tertiary/aromatic N) is 1. The number of halogens is 2.